The van der Waals surface area contributed by atoms with Gasteiger partial charge in [-0.2, -0.15) is 0 Å². The summed E-state index contributed by atoms with van der Waals surface area (Å²) in [4.78, 5) is 23.4. The number of rotatable bonds is 2. The van der Waals surface area contributed by atoms with Crippen LogP contribution in [0.3, 0.4) is 0 Å². The minimum atomic E-state index is -1.32. The first kappa shape index (κ1) is 15.6. The molecule has 0 aromatic heterocycles. The Labute approximate surface area is 129 Å². The summed E-state index contributed by atoms with van der Waals surface area (Å²) >= 11 is 11.5. The number of hydrogen-bond acceptors (Lipinski definition) is 5. The molecule has 21 heavy (non-hydrogen) atoms. The van der Waals surface area contributed by atoms with E-state index in [1.165, 1.54) is 19.9 Å². The smallest absolute Gasteiger partial charge is 0.350 e. The van der Waals surface area contributed by atoms with Gasteiger partial charge in [-0.1, -0.05) is 23.2 Å². The fourth-order valence-electron chi connectivity index (χ4n) is 1.57. The van der Waals surface area contributed by atoms with Crippen LogP contribution in [0.1, 0.15) is 13.8 Å². The van der Waals surface area contributed by atoms with Gasteiger partial charge in [-0.05, 0) is 12.1 Å². The second-order valence-electron chi connectivity index (χ2n) is 4.60. The maximum Gasteiger partial charge on any atom is 0.350 e. The van der Waals surface area contributed by atoms with Crippen molar-refractivity contribution >= 4 is 40.8 Å². The number of ether oxygens (including phenoxy) is 2. The van der Waals surface area contributed by atoms with Gasteiger partial charge in [-0.3, -0.25) is 0 Å². The zero-order valence-corrected chi connectivity index (χ0v) is 12.5. The molecular formula is C13H10Cl2FNO4. The van der Waals surface area contributed by atoms with Gasteiger partial charge in [-0.15, -0.1) is 0 Å². The number of hydrogen-bond donors (Lipinski definition) is 1. The van der Waals surface area contributed by atoms with Crippen LogP contribution in [-0.4, -0.2) is 17.7 Å². The van der Waals surface area contributed by atoms with Crippen LogP contribution in [-0.2, 0) is 19.1 Å². The van der Waals surface area contributed by atoms with E-state index in [1.807, 2.05) is 0 Å². The third-order valence-electron chi connectivity index (χ3n) is 2.52. The normalized spacial score (nSPS) is 17.1. The van der Waals surface area contributed by atoms with Crippen molar-refractivity contribution in [2.45, 2.75) is 19.6 Å². The lowest BCUT2D eigenvalue weighted by Crippen LogP contribution is -2.42. The molecular weight excluding hydrogens is 324 g/mol. The van der Waals surface area contributed by atoms with E-state index in [2.05, 4.69) is 5.32 Å². The number of carbonyl (C=O) groups is 2. The minimum Gasteiger partial charge on any atom is -0.419 e. The molecule has 2 rings (SSSR count). The first-order chi connectivity index (χ1) is 9.71. The van der Waals surface area contributed by atoms with Gasteiger partial charge in [0.05, 0.1) is 15.7 Å². The van der Waals surface area contributed by atoms with Crippen LogP contribution in [0.5, 0.6) is 0 Å². The predicted octanol–water partition coefficient (Wildman–Crippen LogP) is 3.26. The van der Waals surface area contributed by atoms with E-state index >= 15 is 0 Å². The molecule has 1 aromatic rings. The number of anilines is 1. The summed E-state index contributed by atoms with van der Waals surface area (Å²) in [5.41, 5.74) is -0.119. The van der Waals surface area contributed by atoms with Crippen LogP contribution in [0.2, 0.25) is 10.0 Å². The van der Waals surface area contributed by atoms with Gasteiger partial charge in [0.25, 0.3) is 5.79 Å². The molecule has 0 bridgehead atoms. The molecule has 0 atom stereocenters. The molecule has 1 aliphatic rings. The number of halogens is 3. The van der Waals surface area contributed by atoms with Crippen molar-refractivity contribution in [2.75, 3.05) is 5.32 Å². The topological polar surface area (TPSA) is 64.6 Å². The second kappa shape index (κ2) is 5.54. The maximum atomic E-state index is 13.2. The molecule has 1 N–H and O–H groups in total. The quantitative estimate of drug-likeness (QED) is 0.389. The van der Waals surface area contributed by atoms with E-state index < -0.39 is 23.5 Å². The van der Waals surface area contributed by atoms with Gasteiger partial charge in [-0.25, -0.2) is 14.0 Å². The average Bonchev–Trinajstić information content (AvgIpc) is 2.36. The molecule has 0 radical (unpaired) electrons. The van der Waals surface area contributed by atoms with Crippen LogP contribution in [0.4, 0.5) is 10.1 Å². The van der Waals surface area contributed by atoms with Gasteiger partial charge in [0.1, 0.15) is 5.82 Å². The summed E-state index contributed by atoms with van der Waals surface area (Å²) in [6.07, 6.45) is 1.06. The molecule has 5 nitrogen and oxygen atoms in total. The van der Waals surface area contributed by atoms with E-state index in [0.29, 0.717) is 0 Å². The fourth-order valence-corrected chi connectivity index (χ4v) is 1.94. The molecule has 1 heterocycles. The Kier molecular flexibility index (Phi) is 4.11. The third-order valence-corrected chi connectivity index (χ3v) is 3.38. The van der Waals surface area contributed by atoms with E-state index in [9.17, 15) is 14.0 Å². The monoisotopic (exact) mass is 333 g/mol. The molecule has 0 unspecified atom stereocenters. The van der Waals surface area contributed by atoms with Crippen LogP contribution in [0.25, 0.3) is 0 Å². The summed E-state index contributed by atoms with van der Waals surface area (Å²) < 4.78 is 23.0. The highest BCUT2D eigenvalue weighted by atomic mass is 35.5. The third kappa shape index (κ3) is 3.28. The molecule has 1 aliphatic heterocycles. The lowest BCUT2D eigenvalue weighted by atomic mass is 10.2. The largest absolute Gasteiger partial charge is 0.419 e. The zero-order chi connectivity index (χ0) is 15.8. The zero-order valence-electron chi connectivity index (χ0n) is 11.0. The molecule has 1 fully saturated rings. The Hall–Kier alpha value is -1.79. The summed E-state index contributed by atoms with van der Waals surface area (Å²) in [5.74, 6) is -3.68. The molecule has 0 saturated carbocycles. The van der Waals surface area contributed by atoms with E-state index in [-0.39, 0.29) is 21.3 Å². The summed E-state index contributed by atoms with van der Waals surface area (Å²) in [7, 11) is 0. The lowest BCUT2D eigenvalue weighted by molar-refractivity contribution is -0.222. The minimum absolute atomic E-state index is 0.0774. The van der Waals surface area contributed by atoms with Crippen molar-refractivity contribution in [1.82, 2.24) is 0 Å². The van der Waals surface area contributed by atoms with Gasteiger partial charge in [0.15, 0.2) is 5.57 Å². The van der Waals surface area contributed by atoms with Crippen molar-refractivity contribution in [3.63, 3.8) is 0 Å². The average molecular weight is 334 g/mol. The fraction of sp³-hybridized carbons (Fsp3) is 0.231. The number of nitrogens with one attached hydrogen (secondary N) is 1. The predicted molar refractivity (Wildman–Crippen MR) is 74.4 cm³/mol. The van der Waals surface area contributed by atoms with E-state index in [1.54, 1.807) is 0 Å². The van der Waals surface area contributed by atoms with Crippen LogP contribution in [0.15, 0.2) is 23.9 Å². The molecule has 1 saturated heterocycles. The second-order valence-corrected chi connectivity index (χ2v) is 5.36. The molecule has 0 aliphatic carbocycles. The van der Waals surface area contributed by atoms with Crippen molar-refractivity contribution in [3.05, 3.63) is 39.8 Å². The molecule has 0 amide bonds. The molecule has 1 aromatic carbocycles. The van der Waals surface area contributed by atoms with Crippen molar-refractivity contribution in [3.8, 4) is 0 Å². The van der Waals surface area contributed by atoms with Crippen molar-refractivity contribution < 1.29 is 23.5 Å². The first-order valence-electron chi connectivity index (χ1n) is 5.78. The Morgan fingerprint density at radius 2 is 1.71 bits per heavy atom. The highest BCUT2D eigenvalue weighted by Gasteiger charge is 2.38. The number of cyclic esters (lactones) is 2. The Morgan fingerprint density at radius 3 is 2.29 bits per heavy atom. The highest BCUT2D eigenvalue weighted by molar-refractivity contribution is 6.43. The van der Waals surface area contributed by atoms with Gasteiger partial charge in [0.2, 0.25) is 0 Å². The summed E-state index contributed by atoms with van der Waals surface area (Å²) in [6.45, 7) is 2.87. The molecule has 8 heteroatoms. The Balaban J connectivity index is 2.24. The van der Waals surface area contributed by atoms with Gasteiger partial charge < -0.3 is 14.8 Å². The van der Waals surface area contributed by atoms with Gasteiger partial charge in [0, 0.05) is 20.0 Å². The Bertz CT molecular complexity index is 636. The highest BCUT2D eigenvalue weighted by Crippen LogP contribution is 2.32. The first-order valence-corrected chi connectivity index (χ1v) is 6.54. The number of carbonyl (C=O) groups excluding carboxylic acids is 2. The summed E-state index contributed by atoms with van der Waals surface area (Å²) in [6, 6.07) is 2.40. The van der Waals surface area contributed by atoms with Gasteiger partial charge >= 0.3 is 11.9 Å². The number of benzene rings is 1. The molecule has 112 valence electrons. The number of esters is 2. The van der Waals surface area contributed by atoms with Crippen molar-refractivity contribution in [2.24, 2.45) is 0 Å². The van der Waals surface area contributed by atoms with Crippen LogP contribution in [0, 0.1) is 5.82 Å². The van der Waals surface area contributed by atoms with Crippen LogP contribution < -0.4 is 5.32 Å². The standard InChI is InChI=1S/C13H10Cl2FNO4/c1-13(2)20-11(18)6(12(19)21-13)5-17-8-4-3-7(16)9(14)10(8)15/h3-5,17H,1-2H3. The summed E-state index contributed by atoms with van der Waals surface area (Å²) in [5, 5.41) is 2.25. The lowest BCUT2D eigenvalue weighted by Gasteiger charge is -2.29. The molecule has 0 spiro atoms. The SMILES string of the molecule is CC1(C)OC(=O)C(=CNc2ccc(F)c(Cl)c2Cl)C(=O)O1. The van der Waals surface area contributed by atoms with E-state index in [4.69, 9.17) is 32.7 Å². The Morgan fingerprint density at radius 1 is 1.14 bits per heavy atom. The van der Waals surface area contributed by atoms with Crippen LogP contribution >= 0.6 is 23.2 Å². The van der Waals surface area contributed by atoms with E-state index in [0.717, 1.165) is 12.3 Å². The van der Waals surface area contributed by atoms with Crippen molar-refractivity contribution in [1.29, 1.82) is 0 Å². The maximum absolute atomic E-state index is 13.2.